The van der Waals surface area contributed by atoms with E-state index in [2.05, 4.69) is 64.6 Å². The van der Waals surface area contributed by atoms with Gasteiger partial charge in [0.15, 0.2) is 0 Å². The summed E-state index contributed by atoms with van der Waals surface area (Å²) in [5.74, 6) is 0.653. The first-order chi connectivity index (χ1) is 12.7. The van der Waals surface area contributed by atoms with Gasteiger partial charge in [-0.15, -0.1) is 11.3 Å². The van der Waals surface area contributed by atoms with Crippen LogP contribution in [-0.2, 0) is 6.42 Å². The van der Waals surface area contributed by atoms with Gasteiger partial charge in [-0.25, -0.2) is 0 Å². The van der Waals surface area contributed by atoms with E-state index in [9.17, 15) is 5.11 Å². The quantitative estimate of drug-likeness (QED) is 0.434. The minimum Gasteiger partial charge on any atom is -0.388 e. The van der Waals surface area contributed by atoms with E-state index in [0.29, 0.717) is 5.92 Å². The van der Waals surface area contributed by atoms with Gasteiger partial charge in [-0.2, -0.15) is 0 Å². The third kappa shape index (κ3) is 5.09. The number of aryl methyl sites for hydroxylation is 1. The second-order valence-electron chi connectivity index (χ2n) is 7.31. The zero-order valence-corrected chi connectivity index (χ0v) is 18.0. The Hall–Kier alpha value is -0.900. The van der Waals surface area contributed by atoms with Crippen molar-refractivity contribution in [1.82, 2.24) is 0 Å². The highest BCUT2D eigenvalue weighted by Crippen LogP contribution is 2.44. The minimum absolute atomic E-state index is 0.327. The summed E-state index contributed by atoms with van der Waals surface area (Å²) < 4.78 is 1.37. The van der Waals surface area contributed by atoms with Crippen molar-refractivity contribution < 1.29 is 5.11 Å². The second-order valence-corrected chi connectivity index (χ2v) is 9.30. The van der Waals surface area contributed by atoms with Crippen molar-refractivity contribution >= 4 is 32.8 Å². The van der Waals surface area contributed by atoms with Crippen LogP contribution in [0.2, 0.25) is 0 Å². The monoisotopic (exact) mass is 432 g/mol. The number of hydrogen-bond acceptors (Lipinski definition) is 2. The Kier molecular flexibility index (Phi) is 7.53. The topological polar surface area (TPSA) is 20.2 Å². The number of hydrogen-bond donors (Lipinski definition) is 1. The summed E-state index contributed by atoms with van der Waals surface area (Å²) in [7, 11) is 0. The Balaban J connectivity index is 1.62. The molecular weight excluding hydrogens is 404 g/mol. The van der Waals surface area contributed by atoms with Gasteiger partial charge in [0.05, 0.1) is 6.10 Å². The number of halogens is 1. The van der Waals surface area contributed by atoms with Gasteiger partial charge < -0.3 is 5.11 Å². The van der Waals surface area contributed by atoms with Gasteiger partial charge in [-0.1, -0.05) is 66.0 Å². The van der Waals surface area contributed by atoms with E-state index in [0.717, 1.165) is 31.2 Å². The minimum atomic E-state index is -0.327. The highest BCUT2D eigenvalue weighted by atomic mass is 79.9. The molecule has 0 saturated heterocycles. The van der Waals surface area contributed by atoms with E-state index >= 15 is 0 Å². The average Bonchev–Trinajstić information content (AvgIpc) is 3.30. The van der Waals surface area contributed by atoms with Crippen molar-refractivity contribution in [1.29, 1.82) is 0 Å². The zero-order chi connectivity index (χ0) is 18.4. The van der Waals surface area contributed by atoms with Gasteiger partial charge in [-0.3, -0.25) is 0 Å². The van der Waals surface area contributed by atoms with Crippen molar-refractivity contribution in [2.45, 2.75) is 64.4 Å². The molecule has 0 fully saturated rings. The maximum atomic E-state index is 10.3. The number of aliphatic hydroxyl groups is 1. The fourth-order valence-electron chi connectivity index (χ4n) is 3.91. The Morgan fingerprint density at radius 1 is 1.19 bits per heavy atom. The number of thiophene rings is 1. The van der Waals surface area contributed by atoms with E-state index in [1.807, 2.05) is 11.3 Å². The maximum Gasteiger partial charge on any atom is 0.0790 e. The van der Waals surface area contributed by atoms with Crippen LogP contribution in [0.15, 0.2) is 46.3 Å². The summed E-state index contributed by atoms with van der Waals surface area (Å²) in [6, 6.07) is 13.0. The molecule has 0 amide bonds. The molecule has 0 radical (unpaired) electrons. The number of allylic oxidation sites excluding steroid dienone is 2. The smallest absolute Gasteiger partial charge is 0.0790 e. The summed E-state index contributed by atoms with van der Waals surface area (Å²) in [5, 5.41) is 12.5. The first-order valence-corrected chi connectivity index (χ1v) is 11.6. The lowest BCUT2D eigenvalue weighted by Gasteiger charge is -2.17. The summed E-state index contributed by atoms with van der Waals surface area (Å²) >= 11 is 5.69. The first-order valence-electron chi connectivity index (χ1n) is 9.88. The number of benzene rings is 1. The average molecular weight is 433 g/mol. The molecule has 1 aliphatic carbocycles. The van der Waals surface area contributed by atoms with Crippen LogP contribution >= 0.6 is 27.3 Å². The fraction of sp³-hybridized carbons (Fsp3) is 0.478. The van der Waals surface area contributed by atoms with Crippen molar-refractivity contribution in [3.05, 3.63) is 62.3 Å². The summed E-state index contributed by atoms with van der Waals surface area (Å²) in [5.41, 5.74) is 3.86. The molecule has 1 unspecified atom stereocenters. The Labute approximate surface area is 170 Å². The largest absolute Gasteiger partial charge is 0.388 e. The molecule has 1 aliphatic rings. The van der Waals surface area contributed by atoms with Crippen molar-refractivity contribution in [3.63, 3.8) is 0 Å². The van der Waals surface area contributed by atoms with E-state index in [-0.39, 0.29) is 6.10 Å². The van der Waals surface area contributed by atoms with E-state index in [1.165, 1.54) is 46.2 Å². The van der Waals surface area contributed by atoms with Crippen LogP contribution in [0.5, 0.6) is 0 Å². The van der Waals surface area contributed by atoms with E-state index in [1.54, 1.807) is 0 Å². The van der Waals surface area contributed by atoms with Gasteiger partial charge in [0, 0.05) is 4.88 Å². The van der Waals surface area contributed by atoms with Gasteiger partial charge in [-0.05, 0) is 77.1 Å². The second kappa shape index (κ2) is 9.87. The fourth-order valence-corrected chi connectivity index (χ4v) is 5.44. The molecule has 140 valence electrons. The third-order valence-corrected chi connectivity index (χ3v) is 7.17. The molecule has 3 rings (SSSR count). The van der Waals surface area contributed by atoms with Crippen LogP contribution in [0, 0.1) is 5.92 Å². The van der Waals surface area contributed by atoms with E-state index in [4.69, 9.17) is 0 Å². The molecule has 1 aromatic carbocycles. The lowest BCUT2D eigenvalue weighted by atomic mass is 9.89. The summed E-state index contributed by atoms with van der Waals surface area (Å²) in [6.45, 7) is 2.17. The highest BCUT2D eigenvalue weighted by Gasteiger charge is 2.25. The van der Waals surface area contributed by atoms with Crippen LogP contribution in [0.25, 0.3) is 5.57 Å². The molecule has 2 atom stereocenters. The molecule has 0 aliphatic heterocycles. The Morgan fingerprint density at radius 3 is 2.69 bits per heavy atom. The predicted octanol–water partition coefficient (Wildman–Crippen LogP) is 7.51. The molecule has 1 aromatic heterocycles. The molecule has 3 heteroatoms. The van der Waals surface area contributed by atoms with Crippen molar-refractivity contribution in [3.8, 4) is 0 Å². The predicted molar refractivity (Wildman–Crippen MR) is 117 cm³/mol. The number of aliphatic hydroxyl groups excluding tert-OH is 1. The SMILES string of the molecule is CCCCC(O)c1ccc(C2=C(Br)CC[C@@H]2CCCc2cccs2)cc1. The van der Waals surface area contributed by atoms with Crippen LogP contribution in [0.4, 0.5) is 0 Å². The number of unbranched alkanes of at least 4 members (excludes halogenated alkanes) is 1. The molecule has 0 spiro atoms. The summed E-state index contributed by atoms with van der Waals surface area (Å²) in [4.78, 5) is 1.50. The Bertz CT molecular complexity index is 702. The van der Waals surface area contributed by atoms with Crippen LogP contribution in [0.3, 0.4) is 0 Å². The molecule has 1 nitrogen and oxygen atoms in total. The number of rotatable bonds is 9. The Morgan fingerprint density at radius 2 is 2.00 bits per heavy atom. The van der Waals surface area contributed by atoms with Crippen LogP contribution in [-0.4, -0.2) is 5.11 Å². The van der Waals surface area contributed by atoms with Gasteiger partial charge in [0.25, 0.3) is 0 Å². The van der Waals surface area contributed by atoms with Crippen LogP contribution < -0.4 is 0 Å². The van der Waals surface area contributed by atoms with Gasteiger partial charge in [0.2, 0.25) is 0 Å². The zero-order valence-electron chi connectivity index (χ0n) is 15.6. The van der Waals surface area contributed by atoms with Crippen molar-refractivity contribution in [2.75, 3.05) is 0 Å². The van der Waals surface area contributed by atoms with Gasteiger partial charge in [0.1, 0.15) is 0 Å². The molecule has 0 saturated carbocycles. The van der Waals surface area contributed by atoms with Crippen LogP contribution in [0.1, 0.15) is 74.0 Å². The highest BCUT2D eigenvalue weighted by molar-refractivity contribution is 9.11. The lowest BCUT2D eigenvalue weighted by Crippen LogP contribution is -2.01. The van der Waals surface area contributed by atoms with Crippen molar-refractivity contribution in [2.24, 2.45) is 5.92 Å². The molecule has 2 aromatic rings. The third-order valence-electron chi connectivity index (χ3n) is 5.41. The standard InChI is InChI=1S/C23H29BrOS/c1-2-3-9-22(25)17-10-12-19(13-11-17)23-18(14-15-21(23)24)6-4-7-20-8-5-16-26-20/h5,8,10-13,16,18,22,25H,2-4,6-7,9,14-15H2,1H3/t18-,22?/m0/s1. The molecular formula is C23H29BrOS. The lowest BCUT2D eigenvalue weighted by molar-refractivity contribution is 0.164. The molecule has 1 heterocycles. The summed E-state index contributed by atoms with van der Waals surface area (Å²) in [6.07, 6.45) is 8.84. The molecule has 26 heavy (non-hydrogen) atoms. The first kappa shape index (κ1) is 19.9. The molecule has 1 N–H and O–H groups in total. The normalized spacial score (nSPS) is 18.5. The maximum absolute atomic E-state index is 10.3. The van der Waals surface area contributed by atoms with E-state index < -0.39 is 0 Å². The van der Waals surface area contributed by atoms with Gasteiger partial charge >= 0.3 is 0 Å². The molecule has 0 bridgehead atoms.